The zero-order chi connectivity index (χ0) is 18.1. The van der Waals surface area contributed by atoms with Crippen LogP contribution >= 0.6 is 24.0 Å². The van der Waals surface area contributed by atoms with Gasteiger partial charge < -0.3 is 15.0 Å². The molecule has 146 valence electrons. The molecule has 1 saturated heterocycles. The number of benzene rings is 1. The molecule has 0 spiro atoms. The van der Waals surface area contributed by atoms with Crippen molar-refractivity contribution in [2.24, 2.45) is 10.9 Å². The molecule has 1 fully saturated rings. The Kier molecular flexibility index (Phi) is 10.5. The van der Waals surface area contributed by atoms with E-state index in [0.29, 0.717) is 26.1 Å². The zero-order valence-electron chi connectivity index (χ0n) is 15.5. The van der Waals surface area contributed by atoms with Gasteiger partial charge >= 0.3 is 5.97 Å². The molecule has 0 aliphatic carbocycles. The van der Waals surface area contributed by atoms with Crippen LogP contribution in [-0.4, -0.2) is 49.6 Å². The number of carbonyl (C=O) groups excluding carboxylic acids is 1. The topological polar surface area (TPSA) is 53.9 Å². The molecule has 0 aromatic heterocycles. The van der Waals surface area contributed by atoms with E-state index in [1.807, 2.05) is 19.9 Å². The van der Waals surface area contributed by atoms with Gasteiger partial charge in [0.2, 0.25) is 0 Å². The van der Waals surface area contributed by atoms with E-state index in [4.69, 9.17) is 4.74 Å². The van der Waals surface area contributed by atoms with E-state index in [-0.39, 0.29) is 41.7 Å². The number of carbonyl (C=O) groups is 1. The van der Waals surface area contributed by atoms with Gasteiger partial charge in [-0.1, -0.05) is 12.1 Å². The lowest BCUT2D eigenvalue weighted by Gasteiger charge is -2.34. The van der Waals surface area contributed by atoms with E-state index in [1.165, 1.54) is 6.07 Å². The summed E-state index contributed by atoms with van der Waals surface area (Å²) in [6.45, 7) is 7.11. The predicted molar refractivity (Wildman–Crippen MR) is 112 cm³/mol. The number of halogens is 2. The average Bonchev–Trinajstić information content (AvgIpc) is 2.61. The van der Waals surface area contributed by atoms with Gasteiger partial charge in [0.25, 0.3) is 0 Å². The first-order valence-electron chi connectivity index (χ1n) is 9.08. The van der Waals surface area contributed by atoms with Gasteiger partial charge in [-0.15, -0.1) is 24.0 Å². The molecule has 1 heterocycles. The Bertz CT molecular complexity index is 598. The monoisotopic (exact) mass is 477 g/mol. The maximum absolute atomic E-state index is 13.2. The van der Waals surface area contributed by atoms with Crippen LogP contribution in [0, 0.1) is 11.7 Å². The number of guanidine groups is 1. The Morgan fingerprint density at radius 2 is 2.23 bits per heavy atom. The van der Waals surface area contributed by atoms with Gasteiger partial charge in [-0.05, 0) is 50.8 Å². The molecule has 1 aliphatic heterocycles. The summed E-state index contributed by atoms with van der Waals surface area (Å²) in [6.07, 6.45) is 2.48. The van der Waals surface area contributed by atoms with Crippen molar-refractivity contribution in [2.45, 2.75) is 33.1 Å². The van der Waals surface area contributed by atoms with Crippen LogP contribution in [0.1, 0.15) is 32.3 Å². The smallest absolute Gasteiger partial charge is 0.310 e. The Balaban J connectivity index is 0.00000338. The van der Waals surface area contributed by atoms with Crippen molar-refractivity contribution in [1.82, 2.24) is 10.2 Å². The lowest BCUT2D eigenvalue weighted by molar-refractivity contribution is -0.149. The zero-order valence-corrected chi connectivity index (χ0v) is 17.9. The molecule has 5 nitrogen and oxygen atoms in total. The number of likely N-dealkylation sites (tertiary alicyclic amines) is 1. The standard InChI is InChI=1S/C19H28FN3O2.HI/c1-3-21-19(22-11-10-15-7-5-9-17(20)13-15)23-12-6-8-16(14-23)18(24)25-4-2;/h5,7,9,13,16H,3-4,6,8,10-12,14H2,1-2H3,(H,21,22);1H. The number of piperidine rings is 1. The van der Waals surface area contributed by atoms with Crippen LogP contribution in [0.3, 0.4) is 0 Å². The number of esters is 1. The number of hydrogen-bond donors (Lipinski definition) is 1. The molecular weight excluding hydrogens is 448 g/mol. The van der Waals surface area contributed by atoms with E-state index >= 15 is 0 Å². The lowest BCUT2D eigenvalue weighted by Crippen LogP contribution is -2.48. The van der Waals surface area contributed by atoms with Gasteiger partial charge in [-0.2, -0.15) is 0 Å². The largest absolute Gasteiger partial charge is 0.466 e. The second-order valence-electron chi connectivity index (χ2n) is 6.15. The van der Waals surface area contributed by atoms with Gasteiger partial charge in [0, 0.05) is 26.2 Å². The fourth-order valence-electron chi connectivity index (χ4n) is 3.03. The third-order valence-electron chi connectivity index (χ3n) is 4.23. The van der Waals surface area contributed by atoms with Crippen LogP contribution in [0.25, 0.3) is 0 Å². The van der Waals surface area contributed by atoms with E-state index in [9.17, 15) is 9.18 Å². The number of hydrogen-bond acceptors (Lipinski definition) is 3. The summed E-state index contributed by atoms with van der Waals surface area (Å²) in [7, 11) is 0. The highest BCUT2D eigenvalue weighted by molar-refractivity contribution is 14.0. The quantitative estimate of drug-likeness (QED) is 0.296. The van der Waals surface area contributed by atoms with Gasteiger partial charge in [0.05, 0.1) is 12.5 Å². The van der Waals surface area contributed by atoms with Gasteiger partial charge in [0.1, 0.15) is 5.82 Å². The molecule has 0 bridgehead atoms. The molecule has 1 aromatic rings. The Hall–Kier alpha value is -1.38. The highest BCUT2D eigenvalue weighted by Crippen LogP contribution is 2.18. The van der Waals surface area contributed by atoms with Crippen molar-refractivity contribution in [1.29, 1.82) is 0 Å². The van der Waals surface area contributed by atoms with Crippen LogP contribution in [-0.2, 0) is 16.0 Å². The second kappa shape index (κ2) is 12.1. The van der Waals surface area contributed by atoms with Gasteiger partial charge in [0.15, 0.2) is 5.96 Å². The molecule has 0 radical (unpaired) electrons. The van der Waals surface area contributed by atoms with Crippen molar-refractivity contribution in [3.8, 4) is 0 Å². The summed E-state index contributed by atoms with van der Waals surface area (Å²) >= 11 is 0. The van der Waals surface area contributed by atoms with Crippen molar-refractivity contribution in [3.63, 3.8) is 0 Å². The van der Waals surface area contributed by atoms with Crippen LogP contribution in [0.5, 0.6) is 0 Å². The fraction of sp³-hybridized carbons (Fsp3) is 0.579. The molecule has 1 aliphatic rings. The van der Waals surface area contributed by atoms with Crippen LogP contribution < -0.4 is 5.32 Å². The third-order valence-corrected chi connectivity index (χ3v) is 4.23. The first-order chi connectivity index (χ1) is 12.1. The molecule has 0 amide bonds. The molecule has 2 rings (SSSR count). The summed E-state index contributed by atoms with van der Waals surface area (Å²) in [4.78, 5) is 18.8. The Morgan fingerprint density at radius 1 is 1.42 bits per heavy atom. The summed E-state index contributed by atoms with van der Waals surface area (Å²) in [5.74, 6) is 0.373. The van der Waals surface area contributed by atoms with E-state index in [1.54, 1.807) is 12.1 Å². The Morgan fingerprint density at radius 3 is 2.92 bits per heavy atom. The molecule has 1 aromatic carbocycles. The maximum Gasteiger partial charge on any atom is 0.310 e. The van der Waals surface area contributed by atoms with Crippen molar-refractivity contribution in [2.75, 3.05) is 32.8 Å². The fourth-order valence-corrected chi connectivity index (χ4v) is 3.03. The number of ether oxygens (including phenoxy) is 1. The van der Waals surface area contributed by atoms with E-state index < -0.39 is 0 Å². The normalized spacial score (nSPS) is 17.4. The summed E-state index contributed by atoms with van der Waals surface area (Å²) < 4.78 is 18.4. The molecule has 26 heavy (non-hydrogen) atoms. The summed E-state index contributed by atoms with van der Waals surface area (Å²) in [5.41, 5.74) is 0.933. The van der Waals surface area contributed by atoms with E-state index in [0.717, 1.165) is 37.5 Å². The summed E-state index contributed by atoms with van der Waals surface area (Å²) in [5, 5.41) is 3.29. The molecule has 7 heteroatoms. The van der Waals surface area contributed by atoms with E-state index in [2.05, 4.69) is 15.2 Å². The number of nitrogens with zero attached hydrogens (tertiary/aromatic N) is 2. The first kappa shape index (κ1) is 22.7. The average molecular weight is 477 g/mol. The minimum Gasteiger partial charge on any atom is -0.466 e. The molecule has 0 saturated carbocycles. The molecule has 1 atom stereocenters. The first-order valence-corrected chi connectivity index (χ1v) is 9.08. The molecule has 1 N–H and O–H groups in total. The van der Waals surface area contributed by atoms with Crippen molar-refractivity contribution in [3.05, 3.63) is 35.6 Å². The molecule has 1 unspecified atom stereocenters. The Labute approximate surface area is 172 Å². The second-order valence-corrected chi connectivity index (χ2v) is 6.15. The number of aliphatic imine (C=N–C) groups is 1. The van der Waals surface area contributed by atoms with Crippen LogP contribution in [0.15, 0.2) is 29.3 Å². The third kappa shape index (κ3) is 7.09. The van der Waals surface area contributed by atoms with Crippen molar-refractivity contribution >= 4 is 35.9 Å². The minimum absolute atomic E-state index is 0. The van der Waals surface area contributed by atoms with Crippen LogP contribution in [0.2, 0.25) is 0 Å². The van der Waals surface area contributed by atoms with Gasteiger partial charge in [-0.25, -0.2) is 4.39 Å². The summed E-state index contributed by atoms with van der Waals surface area (Å²) in [6, 6.07) is 6.61. The van der Waals surface area contributed by atoms with Crippen LogP contribution in [0.4, 0.5) is 4.39 Å². The SMILES string of the molecule is CCNC(=NCCc1cccc(F)c1)N1CCCC(C(=O)OCC)C1.I. The van der Waals surface area contributed by atoms with Gasteiger partial charge in [-0.3, -0.25) is 9.79 Å². The predicted octanol–water partition coefficient (Wildman–Crippen LogP) is 3.23. The number of nitrogens with one attached hydrogen (secondary N) is 1. The highest BCUT2D eigenvalue weighted by atomic mass is 127. The number of rotatable bonds is 6. The maximum atomic E-state index is 13.2. The van der Waals surface area contributed by atoms with Crippen molar-refractivity contribution < 1.29 is 13.9 Å². The lowest BCUT2D eigenvalue weighted by atomic mass is 9.98. The highest BCUT2D eigenvalue weighted by Gasteiger charge is 2.28. The minimum atomic E-state index is -0.221. The molecular formula is C19H29FIN3O2.